The zero-order valence-corrected chi connectivity index (χ0v) is 12.7. The second kappa shape index (κ2) is 6.06. The molecule has 21 heavy (non-hydrogen) atoms. The maximum absolute atomic E-state index is 12.8. The molecule has 2 aliphatic heterocycles. The fourth-order valence-corrected chi connectivity index (χ4v) is 3.26. The maximum Gasteiger partial charge on any atom is 0.254 e. The van der Waals surface area contributed by atoms with Crippen LogP contribution in [0.5, 0.6) is 5.75 Å². The first-order chi connectivity index (χ1) is 10.1. The van der Waals surface area contributed by atoms with E-state index in [0.717, 1.165) is 24.2 Å². The van der Waals surface area contributed by atoms with Gasteiger partial charge < -0.3 is 14.4 Å². The van der Waals surface area contributed by atoms with E-state index in [1.54, 1.807) is 0 Å². The normalized spacial score (nSPS) is 25.0. The Morgan fingerprint density at radius 1 is 1.19 bits per heavy atom. The molecule has 2 atom stereocenters. The van der Waals surface area contributed by atoms with Crippen molar-refractivity contribution in [1.82, 2.24) is 4.90 Å². The SMILES string of the molecule is CC(C)Oc1ccc(C(=O)N2[C@H]3CCC[C@H]2COC3)cc1. The summed E-state index contributed by atoms with van der Waals surface area (Å²) in [6.07, 6.45) is 3.45. The van der Waals surface area contributed by atoms with Gasteiger partial charge in [-0.15, -0.1) is 0 Å². The van der Waals surface area contributed by atoms with E-state index in [-0.39, 0.29) is 24.1 Å². The second-order valence-corrected chi connectivity index (χ2v) is 6.18. The molecule has 1 amide bonds. The van der Waals surface area contributed by atoms with Gasteiger partial charge >= 0.3 is 0 Å². The number of piperidine rings is 1. The van der Waals surface area contributed by atoms with Crippen LogP contribution in [0.25, 0.3) is 0 Å². The molecule has 1 aromatic carbocycles. The van der Waals surface area contributed by atoms with Crippen LogP contribution in [0.2, 0.25) is 0 Å². The number of rotatable bonds is 3. The van der Waals surface area contributed by atoms with Crippen molar-refractivity contribution in [3.05, 3.63) is 29.8 Å². The fraction of sp³-hybridized carbons (Fsp3) is 0.588. The molecule has 2 saturated heterocycles. The molecule has 0 unspecified atom stereocenters. The summed E-state index contributed by atoms with van der Waals surface area (Å²) in [6, 6.07) is 7.98. The lowest BCUT2D eigenvalue weighted by Gasteiger charge is -2.45. The van der Waals surface area contributed by atoms with Crippen LogP contribution in [-0.4, -0.2) is 42.2 Å². The molecule has 0 spiro atoms. The smallest absolute Gasteiger partial charge is 0.254 e. The highest BCUT2D eigenvalue weighted by molar-refractivity contribution is 5.95. The number of hydrogen-bond acceptors (Lipinski definition) is 3. The minimum absolute atomic E-state index is 0.129. The Labute approximate surface area is 126 Å². The number of nitrogens with zero attached hydrogens (tertiary/aromatic N) is 1. The molecule has 4 nitrogen and oxygen atoms in total. The van der Waals surface area contributed by atoms with Gasteiger partial charge in [0.2, 0.25) is 0 Å². The van der Waals surface area contributed by atoms with Crippen LogP contribution < -0.4 is 4.74 Å². The lowest BCUT2D eigenvalue weighted by Crippen LogP contribution is -2.57. The van der Waals surface area contributed by atoms with Gasteiger partial charge in [0, 0.05) is 5.56 Å². The molecule has 2 bridgehead atoms. The largest absolute Gasteiger partial charge is 0.491 e. The summed E-state index contributed by atoms with van der Waals surface area (Å²) in [5.41, 5.74) is 0.741. The highest BCUT2D eigenvalue weighted by Gasteiger charge is 2.37. The lowest BCUT2D eigenvalue weighted by molar-refractivity contribution is -0.0565. The molecule has 3 rings (SSSR count). The third-order valence-corrected chi connectivity index (χ3v) is 4.19. The Balaban J connectivity index is 1.75. The summed E-state index contributed by atoms with van der Waals surface area (Å²) in [5, 5.41) is 0. The standard InChI is InChI=1S/C17H23NO3/c1-12(2)21-16-8-6-13(7-9-16)17(19)18-14-4-3-5-15(18)11-20-10-14/h6-9,12,14-15H,3-5,10-11H2,1-2H3/t14-,15-/m0/s1. The molecule has 0 radical (unpaired) electrons. The first-order valence-electron chi connectivity index (χ1n) is 7.82. The van der Waals surface area contributed by atoms with E-state index >= 15 is 0 Å². The number of amides is 1. The predicted octanol–water partition coefficient (Wildman–Crippen LogP) is 2.87. The van der Waals surface area contributed by atoms with Crippen molar-refractivity contribution in [2.24, 2.45) is 0 Å². The number of carbonyl (C=O) groups is 1. The number of morpholine rings is 1. The minimum Gasteiger partial charge on any atom is -0.491 e. The number of hydrogen-bond donors (Lipinski definition) is 0. The Morgan fingerprint density at radius 3 is 2.38 bits per heavy atom. The average Bonchev–Trinajstić information content (AvgIpc) is 2.46. The van der Waals surface area contributed by atoms with Crippen molar-refractivity contribution in [3.8, 4) is 5.75 Å². The number of benzene rings is 1. The summed E-state index contributed by atoms with van der Waals surface area (Å²) in [6.45, 7) is 5.34. The minimum atomic E-state index is 0.129. The van der Waals surface area contributed by atoms with E-state index in [4.69, 9.17) is 9.47 Å². The zero-order chi connectivity index (χ0) is 14.8. The van der Waals surface area contributed by atoms with Gasteiger partial charge in [-0.25, -0.2) is 0 Å². The first-order valence-corrected chi connectivity index (χ1v) is 7.82. The number of carbonyl (C=O) groups excluding carboxylic acids is 1. The zero-order valence-electron chi connectivity index (χ0n) is 12.7. The van der Waals surface area contributed by atoms with E-state index < -0.39 is 0 Å². The van der Waals surface area contributed by atoms with Crippen LogP contribution in [-0.2, 0) is 4.74 Å². The monoisotopic (exact) mass is 289 g/mol. The Kier molecular flexibility index (Phi) is 4.15. The molecule has 114 valence electrons. The van der Waals surface area contributed by atoms with Crippen LogP contribution in [0.15, 0.2) is 24.3 Å². The van der Waals surface area contributed by atoms with Gasteiger partial charge in [0.1, 0.15) is 5.75 Å². The summed E-state index contributed by atoms with van der Waals surface area (Å²) < 4.78 is 11.2. The molecule has 2 heterocycles. The van der Waals surface area contributed by atoms with Gasteiger partial charge in [-0.2, -0.15) is 0 Å². The molecule has 0 aliphatic carbocycles. The molecule has 0 aromatic heterocycles. The van der Waals surface area contributed by atoms with Crippen LogP contribution >= 0.6 is 0 Å². The van der Waals surface area contributed by atoms with Gasteiger partial charge in [0.25, 0.3) is 5.91 Å². The van der Waals surface area contributed by atoms with Crippen molar-refractivity contribution < 1.29 is 14.3 Å². The first kappa shape index (κ1) is 14.4. The third kappa shape index (κ3) is 3.05. The second-order valence-electron chi connectivity index (χ2n) is 6.18. The molecule has 1 aromatic rings. The van der Waals surface area contributed by atoms with Gasteiger partial charge in [0.05, 0.1) is 31.4 Å². The van der Waals surface area contributed by atoms with Gasteiger partial charge in [-0.1, -0.05) is 0 Å². The van der Waals surface area contributed by atoms with Crippen LogP contribution in [0, 0.1) is 0 Å². The van der Waals surface area contributed by atoms with E-state index in [9.17, 15) is 4.79 Å². The fourth-order valence-electron chi connectivity index (χ4n) is 3.26. The Bertz CT molecular complexity index is 475. The van der Waals surface area contributed by atoms with Gasteiger partial charge in [-0.3, -0.25) is 4.79 Å². The Morgan fingerprint density at radius 2 is 1.81 bits per heavy atom. The van der Waals surface area contributed by atoms with E-state index in [1.807, 2.05) is 43.0 Å². The molecule has 0 saturated carbocycles. The number of ether oxygens (including phenoxy) is 2. The van der Waals surface area contributed by atoms with Gasteiger partial charge in [-0.05, 0) is 57.4 Å². The quantitative estimate of drug-likeness (QED) is 0.859. The van der Waals surface area contributed by atoms with Crippen molar-refractivity contribution in [1.29, 1.82) is 0 Å². The lowest BCUT2D eigenvalue weighted by atomic mass is 9.93. The van der Waals surface area contributed by atoms with Gasteiger partial charge in [0.15, 0.2) is 0 Å². The summed E-state index contributed by atoms with van der Waals surface area (Å²) in [4.78, 5) is 14.8. The summed E-state index contributed by atoms with van der Waals surface area (Å²) in [5.74, 6) is 0.938. The third-order valence-electron chi connectivity index (χ3n) is 4.19. The Hall–Kier alpha value is -1.55. The van der Waals surface area contributed by atoms with Crippen LogP contribution in [0.1, 0.15) is 43.5 Å². The van der Waals surface area contributed by atoms with E-state index in [2.05, 4.69) is 0 Å². The van der Waals surface area contributed by atoms with E-state index in [1.165, 1.54) is 6.42 Å². The van der Waals surface area contributed by atoms with Crippen molar-refractivity contribution in [3.63, 3.8) is 0 Å². The van der Waals surface area contributed by atoms with Crippen molar-refractivity contribution >= 4 is 5.91 Å². The topological polar surface area (TPSA) is 38.8 Å². The molecular formula is C17H23NO3. The average molecular weight is 289 g/mol. The highest BCUT2D eigenvalue weighted by atomic mass is 16.5. The van der Waals surface area contributed by atoms with Crippen LogP contribution in [0.3, 0.4) is 0 Å². The molecule has 2 aliphatic rings. The van der Waals surface area contributed by atoms with Crippen LogP contribution in [0.4, 0.5) is 0 Å². The maximum atomic E-state index is 12.8. The molecule has 0 N–H and O–H groups in total. The molecular weight excluding hydrogens is 266 g/mol. The summed E-state index contributed by atoms with van der Waals surface area (Å²) in [7, 11) is 0. The van der Waals surface area contributed by atoms with E-state index in [0.29, 0.717) is 13.2 Å². The van der Waals surface area contributed by atoms with Crippen molar-refractivity contribution in [2.75, 3.05) is 13.2 Å². The van der Waals surface area contributed by atoms with Crippen molar-refractivity contribution in [2.45, 2.75) is 51.3 Å². The molecule has 4 heteroatoms. The summed E-state index contributed by atoms with van der Waals surface area (Å²) >= 11 is 0. The molecule has 2 fully saturated rings. The highest BCUT2D eigenvalue weighted by Crippen LogP contribution is 2.29. The predicted molar refractivity (Wildman–Crippen MR) is 80.6 cm³/mol. The number of fused-ring (bicyclic) bond motifs is 2.